The summed E-state index contributed by atoms with van der Waals surface area (Å²) >= 11 is 0. The van der Waals surface area contributed by atoms with Crippen molar-refractivity contribution < 1.29 is 34.2 Å². The van der Waals surface area contributed by atoms with Crippen LogP contribution in [-0.4, -0.2) is 86.6 Å². The SMILES string of the molecule is CC(C)C[C@H](N)[C@@H](O)CC(=O)N[C@@H](Cc1c[nH]cn1)C(=O)NCC(=O)N[C@H](C(=O)N[C@@H](C)C(=O)O)C(C)C. The third-order valence-corrected chi connectivity index (χ3v) is 5.67. The normalized spacial score (nSPS) is 15.2. The highest BCUT2D eigenvalue weighted by Crippen LogP contribution is 2.09. The molecule has 0 aliphatic rings. The van der Waals surface area contributed by atoms with E-state index in [9.17, 15) is 29.1 Å². The molecule has 0 aliphatic heterocycles. The van der Waals surface area contributed by atoms with Gasteiger partial charge in [0.05, 0.1) is 31.1 Å². The number of carboxylic acids is 1. The lowest BCUT2D eigenvalue weighted by Crippen LogP contribution is -2.55. The lowest BCUT2D eigenvalue weighted by molar-refractivity contribution is -0.142. The van der Waals surface area contributed by atoms with E-state index in [0.717, 1.165) is 0 Å². The summed E-state index contributed by atoms with van der Waals surface area (Å²) in [7, 11) is 0. The number of hydrogen-bond donors (Lipinski definition) is 8. The fourth-order valence-corrected chi connectivity index (χ4v) is 3.53. The summed E-state index contributed by atoms with van der Waals surface area (Å²) in [6.07, 6.45) is 2.10. The highest BCUT2D eigenvalue weighted by atomic mass is 16.4. The summed E-state index contributed by atoms with van der Waals surface area (Å²) < 4.78 is 0. The first-order valence-electron chi connectivity index (χ1n) is 12.5. The molecule has 0 spiro atoms. The number of carbonyl (C=O) groups excluding carboxylic acids is 4. The molecule has 1 aromatic rings. The van der Waals surface area contributed by atoms with Crippen molar-refractivity contribution in [2.24, 2.45) is 17.6 Å². The smallest absolute Gasteiger partial charge is 0.325 e. The van der Waals surface area contributed by atoms with Crippen LogP contribution in [0.15, 0.2) is 12.5 Å². The number of nitrogens with one attached hydrogen (secondary N) is 5. The number of amides is 4. The van der Waals surface area contributed by atoms with Crippen molar-refractivity contribution in [3.05, 3.63) is 18.2 Å². The number of aliphatic carboxylic acids is 1. The first kappa shape index (κ1) is 32.5. The van der Waals surface area contributed by atoms with Crippen LogP contribution in [0.1, 0.15) is 53.2 Å². The van der Waals surface area contributed by atoms with Gasteiger partial charge in [-0.15, -0.1) is 0 Å². The van der Waals surface area contributed by atoms with E-state index in [4.69, 9.17) is 10.8 Å². The first-order valence-corrected chi connectivity index (χ1v) is 12.5. The molecule has 0 unspecified atom stereocenters. The van der Waals surface area contributed by atoms with Crippen LogP contribution in [0.25, 0.3) is 0 Å². The number of hydrogen-bond acceptors (Lipinski definition) is 8. The molecule has 0 bridgehead atoms. The zero-order valence-electron chi connectivity index (χ0n) is 22.5. The number of imidazole rings is 1. The van der Waals surface area contributed by atoms with Crippen molar-refractivity contribution >= 4 is 29.6 Å². The van der Waals surface area contributed by atoms with E-state index in [2.05, 4.69) is 31.2 Å². The molecule has 5 atom stereocenters. The van der Waals surface area contributed by atoms with E-state index in [1.807, 2.05) is 13.8 Å². The highest BCUT2D eigenvalue weighted by molar-refractivity contribution is 5.93. The Morgan fingerprint density at radius 1 is 1.00 bits per heavy atom. The molecule has 0 fully saturated rings. The third kappa shape index (κ3) is 11.7. The molecule has 1 rings (SSSR count). The number of nitrogens with two attached hydrogens (primary N) is 1. The second kappa shape index (κ2) is 15.7. The van der Waals surface area contributed by atoms with Crippen molar-refractivity contribution in [3.63, 3.8) is 0 Å². The summed E-state index contributed by atoms with van der Waals surface area (Å²) in [6.45, 7) is 8.03. The maximum Gasteiger partial charge on any atom is 0.325 e. The van der Waals surface area contributed by atoms with Gasteiger partial charge in [-0.2, -0.15) is 0 Å². The Hall–Kier alpha value is -3.52. The predicted octanol–water partition coefficient (Wildman–Crippen LogP) is -1.59. The topological polar surface area (TPSA) is 229 Å². The Morgan fingerprint density at radius 3 is 2.18 bits per heavy atom. The van der Waals surface area contributed by atoms with Crippen LogP contribution in [0.3, 0.4) is 0 Å². The van der Waals surface area contributed by atoms with E-state index < -0.39 is 66.4 Å². The summed E-state index contributed by atoms with van der Waals surface area (Å²) in [5.41, 5.74) is 6.43. The Morgan fingerprint density at radius 2 is 1.66 bits per heavy atom. The van der Waals surface area contributed by atoms with Crippen molar-refractivity contribution in [2.45, 2.75) is 84.2 Å². The highest BCUT2D eigenvalue weighted by Gasteiger charge is 2.28. The first-order chi connectivity index (χ1) is 17.7. The molecule has 0 radical (unpaired) electrons. The molecule has 214 valence electrons. The Bertz CT molecular complexity index is 937. The molecule has 1 aromatic heterocycles. The Kier molecular flexibility index (Phi) is 13.4. The van der Waals surface area contributed by atoms with Gasteiger partial charge in [-0.3, -0.25) is 24.0 Å². The number of H-pyrrole nitrogens is 1. The largest absolute Gasteiger partial charge is 0.480 e. The molecule has 0 aliphatic carbocycles. The zero-order valence-corrected chi connectivity index (χ0v) is 22.5. The van der Waals surface area contributed by atoms with Gasteiger partial charge >= 0.3 is 5.97 Å². The number of aliphatic hydroxyl groups excluding tert-OH is 1. The molecule has 0 saturated carbocycles. The minimum Gasteiger partial charge on any atom is -0.480 e. The summed E-state index contributed by atoms with van der Waals surface area (Å²) in [5.74, 6) is -3.99. The van der Waals surface area contributed by atoms with Gasteiger partial charge in [-0.05, 0) is 25.2 Å². The van der Waals surface area contributed by atoms with E-state index in [1.54, 1.807) is 20.0 Å². The molecule has 0 aromatic carbocycles. The van der Waals surface area contributed by atoms with Gasteiger partial charge in [0.2, 0.25) is 23.6 Å². The quantitative estimate of drug-likeness (QED) is 0.121. The van der Waals surface area contributed by atoms with E-state index >= 15 is 0 Å². The molecule has 9 N–H and O–H groups in total. The number of aliphatic hydroxyl groups is 1. The minimum atomic E-state index is -1.22. The number of nitrogens with zero attached hydrogens (tertiary/aromatic N) is 1. The zero-order chi connectivity index (χ0) is 29.0. The fourth-order valence-electron chi connectivity index (χ4n) is 3.53. The van der Waals surface area contributed by atoms with Crippen LogP contribution >= 0.6 is 0 Å². The average Bonchev–Trinajstić information content (AvgIpc) is 3.32. The van der Waals surface area contributed by atoms with Crippen LogP contribution in [0.2, 0.25) is 0 Å². The summed E-state index contributed by atoms with van der Waals surface area (Å²) in [6, 6.07) is -3.89. The van der Waals surface area contributed by atoms with Gasteiger partial charge in [0.25, 0.3) is 0 Å². The number of aromatic nitrogens is 2. The number of rotatable bonds is 16. The maximum atomic E-state index is 12.9. The van der Waals surface area contributed by atoms with E-state index in [1.165, 1.54) is 13.3 Å². The molecule has 14 heteroatoms. The molecule has 38 heavy (non-hydrogen) atoms. The summed E-state index contributed by atoms with van der Waals surface area (Å²) in [4.78, 5) is 68.1. The minimum absolute atomic E-state index is 0.0148. The molecule has 1 heterocycles. The van der Waals surface area contributed by atoms with Gasteiger partial charge in [0.15, 0.2) is 0 Å². The van der Waals surface area contributed by atoms with Gasteiger partial charge < -0.3 is 42.2 Å². The standard InChI is InChI=1S/C24H41N7O7/c1-12(2)6-16(25)18(32)8-19(33)30-17(7-15-9-26-11-28-15)22(35)27-10-20(34)31-21(13(3)4)23(36)29-14(5)24(37)38/h9,11-14,16-18,21,32H,6-8,10,25H2,1-5H3,(H,26,28)(H,27,35)(H,29,36)(H,30,33)(H,31,34)(H,37,38)/t14-,16-,17-,18-,21-/m0/s1. The van der Waals surface area contributed by atoms with Crippen molar-refractivity contribution in [2.75, 3.05) is 6.54 Å². The van der Waals surface area contributed by atoms with Crippen LogP contribution in [0.4, 0.5) is 0 Å². The molecular formula is C24H41N7O7. The Balaban J connectivity index is 2.78. The van der Waals surface area contributed by atoms with Crippen molar-refractivity contribution in [1.29, 1.82) is 0 Å². The number of aromatic amines is 1. The van der Waals surface area contributed by atoms with Crippen LogP contribution in [-0.2, 0) is 30.4 Å². The lowest BCUT2D eigenvalue weighted by atomic mass is 9.98. The summed E-state index contributed by atoms with van der Waals surface area (Å²) in [5, 5.41) is 29.0. The van der Waals surface area contributed by atoms with E-state index in [0.29, 0.717) is 12.1 Å². The van der Waals surface area contributed by atoms with Crippen LogP contribution in [0, 0.1) is 11.8 Å². The monoisotopic (exact) mass is 539 g/mol. The second-order valence-corrected chi connectivity index (χ2v) is 10.0. The average molecular weight is 540 g/mol. The molecule has 4 amide bonds. The van der Waals surface area contributed by atoms with Crippen LogP contribution in [0.5, 0.6) is 0 Å². The van der Waals surface area contributed by atoms with Crippen LogP contribution < -0.4 is 27.0 Å². The lowest BCUT2D eigenvalue weighted by Gasteiger charge is -2.24. The fraction of sp³-hybridized carbons (Fsp3) is 0.667. The van der Waals surface area contributed by atoms with E-state index in [-0.39, 0.29) is 24.7 Å². The van der Waals surface area contributed by atoms with Gasteiger partial charge in [-0.25, -0.2) is 4.98 Å². The second-order valence-electron chi connectivity index (χ2n) is 10.0. The number of carbonyl (C=O) groups is 5. The Labute approximate surface area is 221 Å². The third-order valence-electron chi connectivity index (χ3n) is 5.67. The molecule has 0 saturated heterocycles. The number of carboxylic acid groups (broad SMARTS) is 1. The van der Waals surface area contributed by atoms with Gasteiger partial charge in [0.1, 0.15) is 18.1 Å². The predicted molar refractivity (Wildman–Crippen MR) is 137 cm³/mol. The maximum absolute atomic E-state index is 12.9. The van der Waals surface area contributed by atoms with Gasteiger partial charge in [-0.1, -0.05) is 27.7 Å². The van der Waals surface area contributed by atoms with Crippen molar-refractivity contribution in [1.82, 2.24) is 31.2 Å². The van der Waals surface area contributed by atoms with Crippen molar-refractivity contribution in [3.8, 4) is 0 Å². The molecular weight excluding hydrogens is 498 g/mol. The molecule has 14 nitrogen and oxygen atoms in total. The van der Waals surface area contributed by atoms with Gasteiger partial charge in [0, 0.05) is 18.7 Å².